The van der Waals surface area contributed by atoms with Crippen LogP contribution in [0.2, 0.25) is 5.02 Å². The molecule has 1 heterocycles. The fourth-order valence-corrected chi connectivity index (χ4v) is 3.36. The van der Waals surface area contributed by atoms with Crippen LogP contribution < -0.4 is 4.90 Å². The molecule has 0 atom stereocenters. The highest BCUT2D eigenvalue weighted by molar-refractivity contribution is 7.99. The van der Waals surface area contributed by atoms with E-state index in [9.17, 15) is 4.79 Å². The minimum atomic E-state index is -0.123. The van der Waals surface area contributed by atoms with Gasteiger partial charge in [-0.05, 0) is 40.8 Å². The number of hydrogen-bond acceptors (Lipinski definition) is 6. The number of rotatable bonds is 7. The summed E-state index contributed by atoms with van der Waals surface area (Å²) in [5.74, 6) is 0.0171. The quantitative estimate of drug-likeness (QED) is 0.567. The van der Waals surface area contributed by atoms with Crippen molar-refractivity contribution in [3.8, 4) is 11.8 Å². The summed E-state index contributed by atoms with van der Waals surface area (Å²) in [6, 6.07) is 18.5. The van der Waals surface area contributed by atoms with E-state index in [-0.39, 0.29) is 18.1 Å². The maximum absolute atomic E-state index is 12.7. The number of halogens is 1. The number of nitrogens with zero attached hydrogens (tertiary/aromatic N) is 6. The van der Waals surface area contributed by atoms with Crippen molar-refractivity contribution in [1.29, 1.82) is 5.26 Å². The Labute approximate surface area is 165 Å². The summed E-state index contributed by atoms with van der Waals surface area (Å²) in [7, 11) is 0. The van der Waals surface area contributed by atoms with Crippen LogP contribution in [0.4, 0.5) is 5.69 Å². The standard InChI is InChI=1S/C18H15ClN6OS/c19-14-6-4-9-16(12-14)25-18(21-22-23-25)27-13-17(26)24(11-5-10-20)15-7-2-1-3-8-15/h1-4,6-9,12H,5,11,13H2. The molecule has 9 heteroatoms. The highest BCUT2D eigenvalue weighted by Crippen LogP contribution is 2.22. The molecule has 1 aromatic heterocycles. The molecule has 0 aliphatic heterocycles. The second kappa shape index (κ2) is 9.16. The van der Waals surface area contributed by atoms with Crippen molar-refractivity contribution < 1.29 is 4.79 Å². The monoisotopic (exact) mass is 398 g/mol. The molecule has 0 N–H and O–H groups in total. The third-order valence-electron chi connectivity index (χ3n) is 3.63. The van der Waals surface area contributed by atoms with Crippen LogP contribution in [0, 0.1) is 11.3 Å². The van der Waals surface area contributed by atoms with Gasteiger partial charge in [-0.1, -0.05) is 47.6 Å². The third-order valence-corrected chi connectivity index (χ3v) is 4.77. The average molecular weight is 399 g/mol. The molecule has 3 aromatic rings. The summed E-state index contributed by atoms with van der Waals surface area (Å²) in [5.41, 5.74) is 1.47. The van der Waals surface area contributed by atoms with E-state index in [0.717, 1.165) is 5.69 Å². The van der Waals surface area contributed by atoms with E-state index < -0.39 is 0 Å². The van der Waals surface area contributed by atoms with E-state index in [0.29, 0.717) is 22.4 Å². The molecule has 0 spiro atoms. The van der Waals surface area contributed by atoms with Crippen molar-refractivity contribution in [2.24, 2.45) is 0 Å². The smallest absolute Gasteiger partial charge is 0.237 e. The van der Waals surface area contributed by atoms with E-state index in [4.69, 9.17) is 16.9 Å². The minimum absolute atomic E-state index is 0.123. The Hall–Kier alpha value is -2.89. The molecule has 2 aromatic carbocycles. The lowest BCUT2D eigenvalue weighted by molar-refractivity contribution is -0.116. The van der Waals surface area contributed by atoms with E-state index in [2.05, 4.69) is 21.6 Å². The highest BCUT2D eigenvalue weighted by Gasteiger charge is 2.18. The van der Waals surface area contributed by atoms with Gasteiger partial charge < -0.3 is 4.90 Å². The zero-order valence-electron chi connectivity index (χ0n) is 14.2. The van der Waals surface area contributed by atoms with Gasteiger partial charge in [0.25, 0.3) is 0 Å². The fraction of sp³-hybridized carbons (Fsp3) is 0.167. The highest BCUT2D eigenvalue weighted by atomic mass is 35.5. The Morgan fingerprint density at radius 1 is 1.22 bits per heavy atom. The number of carbonyl (C=O) groups excluding carboxylic acids is 1. The summed E-state index contributed by atoms with van der Waals surface area (Å²) in [6.07, 6.45) is 0.256. The number of tetrazole rings is 1. The van der Waals surface area contributed by atoms with Crippen LogP contribution in [0.1, 0.15) is 6.42 Å². The first-order chi connectivity index (χ1) is 13.2. The topological polar surface area (TPSA) is 87.7 Å². The lowest BCUT2D eigenvalue weighted by Gasteiger charge is -2.21. The third kappa shape index (κ3) is 4.84. The molecule has 0 aliphatic rings. The first-order valence-corrected chi connectivity index (χ1v) is 9.45. The predicted molar refractivity (Wildman–Crippen MR) is 104 cm³/mol. The lowest BCUT2D eigenvalue weighted by atomic mass is 10.2. The van der Waals surface area contributed by atoms with Gasteiger partial charge >= 0.3 is 0 Å². The van der Waals surface area contributed by atoms with Crippen molar-refractivity contribution in [3.63, 3.8) is 0 Å². The normalized spacial score (nSPS) is 10.4. The molecule has 136 valence electrons. The maximum Gasteiger partial charge on any atom is 0.237 e. The number of amides is 1. The van der Waals surface area contributed by atoms with Gasteiger partial charge in [-0.25, -0.2) is 0 Å². The molecule has 0 aliphatic carbocycles. The first-order valence-electron chi connectivity index (χ1n) is 8.08. The van der Waals surface area contributed by atoms with Crippen molar-refractivity contribution in [3.05, 3.63) is 59.6 Å². The van der Waals surface area contributed by atoms with Crippen LogP contribution in [0.15, 0.2) is 59.8 Å². The number of para-hydroxylation sites is 1. The summed E-state index contributed by atoms with van der Waals surface area (Å²) in [6.45, 7) is 0.332. The SMILES string of the molecule is N#CCCN(C(=O)CSc1nnnn1-c1cccc(Cl)c1)c1ccccc1. The van der Waals surface area contributed by atoms with Gasteiger partial charge in [-0.2, -0.15) is 9.94 Å². The minimum Gasteiger partial charge on any atom is -0.311 e. The molecule has 3 rings (SSSR count). The maximum atomic E-state index is 12.7. The van der Waals surface area contributed by atoms with Crippen molar-refractivity contribution in [1.82, 2.24) is 20.2 Å². The van der Waals surface area contributed by atoms with Crippen molar-refractivity contribution in [2.45, 2.75) is 11.6 Å². The molecule has 1 amide bonds. The van der Waals surface area contributed by atoms with Crippen LogP contribution in [-0.4, -0.2) is 38.4 Å². The Balaban J connectivity index is 1.73. The summed E-state index contributed by atoms with van der Waals surface area (Å²) < 4.78 is 1.53. The molecule has 7 nitrogen and oxygen atoms in total. The van der Waals surface area contributed by atoms with Gasteiger partial charge in [0.05, 0.1) is 23.9 Å². The first kappa shape index (κ1) is 18.9. The molecular weight excluding hydrogens is 384 g/mol. The van der Waals surface area contributed by atoms with Gasteiger partial charge in [-0.15, -0.1) is 5.10 Å². The van der Waals surface area contributed by atoms with Crippen LogP contribution in [0.3, 0.4) is 0 Å². The number of aromatic nitrogens is 4. The van der Waals surface area contributed by atoms with E-state index >= 15 is 0 Å². The van der Waals surface area contributed by atoms with E-state index in [1.54, 1.807) is 23.1 Å². The van der Waals surface area contributed by atoms with Gasteiger partial charge in [-0.3, -0.25) is 4.79 Å². The molecular formula is C18H15ClN6OS. The zero-order valence-corrected chi connectivity index (χ0v) is 15.8. The second-order valence-electron chi connectivity index (χ2n) is 5.43. The van der Waals surface area contributed by atoms with Crippen LogP contribution in [-0.2, 0) is 4.79 Å². The van der Waals surface area contributed by atoms with Gasteiger partial charge in [0.15, 0.2) is 0 Å². The molecule has 0 unspecified atom stereocenters. The molecule has 0 bridgehead atoms. The summed E-state index contributed by atoms with van der Waals surface area (Å²) in [4.78, 5) is 14.3. The van der Waals surface area contributed by atoms with Gasteiger partial charge in [0, 0.05) is 17.3 Å². The molecule has 0 saturated carbocycles. The van der Waals surface area contributed by atoms with Gasteiger partial charge in [0.2, 0.25) is 11.1 Å². The summed E-state index contributed by atoms with van der Waals surface area (Å²) >= 11 is 7.25. The number of hydrogen-bond donors (Lipinski definition) is 0. The predicted octanol–water partition coefficient (Wildman–Crippen LogP) is 3.35. The van der Waals surface area contributed by atoms with Crippen LogP contribution in [0.5, 0.6) is 0 Å². The Morgan fingerprint density at radius 2 is 2.04 bits per heavy atom. The fourth-order valence-electron chi connectivity index (χ4n) is 2.41. The molecule has 0 fully saturated rings. The Morgan fingerprint density at radius 3 is 2.78 bits per heavy atom. The summed E-state index contributed by atoms with van der Waals surface area (Å²) in [5, 5.41) is 21.6. The number of nitriles is 1. The number of carbonyl (C=O) groups is 1. The number of benzene rings is 2. The number of thioether (sulfide) groups is 1. The lowest BCUT2D eigenvalue weighted by Crippen LogP contribution is -2.33. The van der Waals surface area contributed by atoms with Crippen molar-refractivity contribution >= 4 is 35.0 Å². The van der Waals surface area contributed by atoms with Crippen LogP contribution >= 0.6 is 23.4 Å². The zero-order chi connectivity index (χ0) is 19.1. The van der Waals surface area contributed by atoms with Crippen LogP contribution in [0.25, 0.3) is 5.69 Å². The molecule has 0 radical (unpaired) electrons. The van der Waals surface area contributed by atoms with Crippen molar-refractivity contribution in [2.75, 3.05) is 17.2 Å². The van der Waals surface area contributed by atoms with E-state index in [1.807, 2.05) is 36.4 Å². The molecule has 0 saturated heterocycles. The molecule has 27 heavy (non-hydrogen) atoms. The average Bonchev–Trinajstić information content (AvgIpc) is 3.16. The van der Waals surface area contributed by atoms with Gasteiger partial charge in [0.1, 0.15) is 0 Å². The Bertz CT molecular complexity index is 956. The largest absolute Gasteiger partial charge is 0.311 e. The second-order valence-corrected chi connectivity index (χ2v) is 6.81. The number of anilines is 1. The van der Waals surface area contributed by atoms with E-state index in [1.165, 1.54) is 16.4 Å². The Kier molecular flexibility index (Phi) is 6.41.